The molecule has 0 saturated carbocycles. The molecule has 1 aromatic heterocycles. The minimum Gasteiger partial charge on any atom is -0.497 e. The van der Waals surface area contributed by atoms with Gasteiger partial charge in [0.1, 0.15) is 12.4 Å². The third-order valence-electron chi connectivity index (χ3n) is 4.86. The first-order valence-corrected chi connectivity index (χ1v) is 9.64. The predicted octanol–water partition coefficient (Wildman–Crippen LogP) is 4.28. The molecule has 0 bridgehead atoms. The Morgan fingerprint density at radius 1 is 0.967 bits per heavy atom. The first kappa shape index (κ1) is 21.2. The maximum atomic E-state index is 13.2. The molecule has 1 heterocycles. The lowest BCUT2D eigenvalue weighted by Gasteiger charge is -2.17. The van der Waals surface area contributed by atoms with E-state index < -0.39 is 0 Å². The van der Waals surface area contributed by atoms with E-state index in [0.717, 1.165) is 5.56 Å². The van der Waals surface area contributed by atoms with Crippen molar-refractivity contribution in [2.45, 2.75) is 20.5 Å². The maximum Gasteiger partial charge on any atom is 0.274 e. The first-order valence-electron chi connectivity index (χ1n) is 9.64. The van der Waals surface area contributed by atoms with E-state index in [9.17, 15) is 9.59 Å². The van der Waals surface area contributed by atoms with Crippen molar-refractivity contribution in [3.05, 3.63) is 77.1 Å². The zero-order valence-corrected chi connectivity index (χ0v) is 17.9. The maximum absolute atomic E-state index is 13.2. The summed E-state index contributed by atoms with van der Waals surface area (Å²) in [6, 6.07) is 16.9. The van der Waals surface area contributed by atoms with Gasteiger partial charge in [0.05, 0.1) is 12.8 Å². The summed E-state index contributed by atoms with van der Waals surface area (Å²) in [6.07, 6.45) is 0. The fraction of sp³-hybridized carbons (Fsp3) is 0.250. The number of nitrogens with zero attached hydrogens (tertiary/aromatic N) is 2. The Labute approximate surface area is 176 Å². The summed E-state index contributed by atoms with van der Waals surface area (Å²) in [5.74, 6) is 0.710. The summed E-state index contributed by atoms with van der Waals surface area (Å²) in [4.78, 5) is 27.2. The van der Waals surface area contributed by atoms with E-state index in [0.29, 0.717) is 40.7 Å². The van der Waals surface area contributed by atoms with Crippen molar-refractivity contribution in [2.75, 3.05) is 21.2 Å². The first-order chi connectivity index (χ1) is 14.3. The van der Waals surface area contributed by atoms with Crippen molar-refractivity contribution in [3.8, 4) is 17.2 Å². The molecule has 0 spiro atoms. The van der Waals surface area contributed by atoms with Gasteiger partial charge in [-0.05, 0) is 36.8 Å². The lowest BCUT2D eigenvalue weighted by molar-refractivity contribution is 0.0814. The van der Waals surface area contributed by atoms with Gasteiger partial charge in [0, 0.05) is 32.3 Å². The predicted molar refractivity (Wildman–Crippen MR) is 116 cm³/mol. The standard InChI is InChI=1S/C24H26N2O4/c1-16-21(17(2)27)26(19-11-13-20(29-5)14-12-19)22(24(28)25(3)4)23(16)30-15-18-9-7-6-8-10-18/h6-14H,15H2,1-5H3. The molecule has 1 amide bonds. The largest absolute Gasteiger partial charge is 0.497 e. The molecule has 0 aliphatic carbocycles. The van der Waals surface area contributed by atoms with E-state index >= 15 is 0 Å². The highest BCUT2D eigenvalue weighted by atomic mass is 16.5. The highest BCUT2D eigenvalue weighted by Gasteiger charge is 2.30. The third kappa shape index (κ3) is 4.08. The molecule has 6 nitrogen and oxygen atoms in total. The number of hydrogen-bond donors (Lipinski definition) is 0. The number of carbonyl (C=O) groups is 2. The molecule has 0 atom stereocenters. The van der Waals surface area contributed by atoms with Gasteiger partial charge in [-0.1, -0.05) is 30.3 Å². The summed E-state index contributed by atoms with van der Waals surface area (Å²) in [7, 11) is 4.95. The number of methoxy groups -OCH3 is 1. The van der Waals surface area contributed by atoms with Gasteiger partial charge in [-0.2, -0.15) is 0 Å². The number of rotatable bonds is 7. The molecule has 30 heavy (non-hydrogen) atoms. The van der Waals surface area contributed by atoms with Gasteiger partial charge in [-0.3, -0.25) is 14.2 Å². The number of benzene rings is 2. The Morgan fingerprint density at radius 3 is 2.13 bits per heavy atom. The molecule has 0 unspecified atom stereocenters. The smallest absolute Gasteiger partial charge is 0.274 e. The zero-order valence-electron chi connectivity index (χ0n) is 17.9. The molecule has 0 saturated heterocycles. The van der Waals surface area contributed by atoms with Crippen LogP contribution in [0.2, 0.25) is 0 Å². The Hall–Kier alpha value is -3.54. The van der Waals surface area contributed by atoms with Gasteiger partial charge in [-0.15, -0.1) is 0 Å². The van der Waals surface area contributed by atoms with Crippen molar-refractivity contribution in [1.82, 2.24) is 9.47 Å². The average Bonchev–Trinajstić information content (AvgIpc) is 3.04. The van der Waals surface area contributed by atoms with Gasteiger partial charge in [0.25, 0.3) is 5.91 Å². The van der Waals surface area contributed by atoms with Crippen molar-refractivity contribution in [2.24, 2.45) is 0 Å². The molecular weight excluding hydrogens is 380 g/mol. The third-order valence-corrected chi connectivity index (χ3v) is 4.86. The molecule has 6 heteroatoms. The highest BCUT2D eigenvalue weighted by Crippen LogP contribution is 2.35. The zero-order chi connectivity index (χ0) is 21.8. The van der Waals surface area contributed by atoms with Crippen LogP contribution >= 0.6 is 0 Å². The number of ether oxygens (including phenoxy) is 2. The van der Waals surface area contributed by atoms with Crippen LogP contribution in [0.4, 0.5) is 0 Å². The Morgan fingerprint density at radius 2 is 1.60 bits per heavy atom. The van der Waals surface area contributed by atoms with Crippen LogP contribution in [0, 0.1) is 6.92 Å². The second-order valence-corrected chi connectivity index (χ2v) is 7.21. The molecule has 0 N–H and O–H groups in total. The fourth-order valence-electron chi connectivity index (χ4n) is 3.39. The number of aromatic nitrogens is 1. The number of Topliss-reactive ketones (excluding diaryl/α,β-unsaturated/α-hetero) is 1. The lowest BCUT2D eigenvalue weighted by atomic mass is 10.2. The summed E-state index contributed by atoms with van der Waals surface area (Å²) >= 11 is 0. The summed E-state index contributed by atoms with van der Waals surface area (Å²) < 4.78 is 13.0. The Bertz CT molecular complexity index is 1050. The van der Waals surface area contributed by atoms with Crippen LogP contribution in [0.3, 0.4) is 0 Å². The second-order valence-electron chi connectivity index (χ2n) is 7.21. The van der Waals surface area contributed by atoms with Crippen LogP contribution in [0.25, 0.3) is 5.69 Å². The summed E-state index contributed by atoms with van der Waals surface area (Å²) in [5.41, 5.74) is 3.04. The molecule has 0 fully saturated rings. The van der Waals surface area contributed by atoms with Crippen molar-refractivity contribution in [1.29, 1.82) is 0 Å². The Balaban J connectivity index is 2.20. The molecule has 0 aliphatic rings. The SMILES string of the molecule is COc1ccc(-n2c(C(C)=O)c(C)c(OCc3ccccc3)c2C(=O)N(C)C)cc1. The van der Waals surface area contributed by atoms with E-state index in [1.54, 1.807) is 37.9 Å². The van der Waals surface area contributed by atoms with E-state index in [-0.39, 0.29) is 11.7 Å². The number of carbonyl (C=O) groups excluding carboxylic acids is 2. The minimum absolute atomic E-state index is 0.148. The summed E-state index contributed by atoms with van der Waals surface area (Å²) in [6.45, 7) is 3.59. The molecule has 0 aliphatic heterocycles. The van der Waals surface area contributed by atoms with Gasteiger partial charge >= 0.3 is 0 Å². The monoisotopic (exact) mass is 406 g/mol. The molecule has 3 aromatic rings. The van der Waals surface area contributed by atoms with Crippen molar-refractivity contribution >= 4 is 11.7 Å². The van der Waals surface area contributed by atoms with Crippen LogP contribution in [0.1, 0.15) is 39.0 Å². The Kier molecular flexibility index (Phi) is 6.26. The normalized spacial score (nSPS) is 10.6. The van der Waals surface area contributed by atoms with E-state index in [2.05, 4.69) is 0 Å². The van der Waals surface area contributed by atoms with E-state index in [1.807, 2.05) is 49.4 Å². The van der Waals surface area contributed by atoms with Gasteiger partial charge < -0.3 is 14.4 Å². The quantitative estimate of drug-likeness (QED) is 0.550. The van der Waals surface area contributed by atoms with E-state index in [4.69, 9.17) is 9.47 Å². The number of hydrogen-bond acceptors (Lipinski definition) is 4. The van der Waals surface area contributed by atoms with Crippen molar-refractivity contribution < 1.29 is 19.1 Å². The fourth-order valence-corrected chi connectivity index (χ4v) is 3.39. The molecule has 0 radical (unpaired) electrons. The van der Waals surface area contributed by atoms with Crippen LogP contribution in [-0.2, 0) is 6.61 Å². The van der Waals surface area contributed by atoms with E-state index in [1.165, 1.54) is 11.8 Å². The lowest BCUT2D eigenvalue weighted by Crippen LogP contribution is -2.25. The second kappa shape index (κ2) is 8.86. The van der Waals surface area contributed by atoms with Crippen LogP contribution in [0.15, 0.2) is 54.6 Å². The minimum atomic E-state index is -0.246. The molecule has 3 rings (SSSR count). The molecule has 156 valence electrons. The average molecular weight is 406 g/mol. The van der Waals surface area contributed by atoms with Gasteiger partial charge in [-0.25, -0.2) is 0 Å². The number of amides is 1. The van der Waals surface area contributed by atoms with Gasteiger partial charge in [0.2, 0.25) is 0 Å². The van der Waals surface area contributed by atoms with Crippen LogP contribution < -0.4 is 9.47 Å². The number of ketones is 1. The molecular formula is C24H26N2O4. The van der Waals surface area contributed by atoms with Crippen LogP contribution in [0.5, 0.6) is 11.5 Å². The molecule has 2 aromatic carbocycles. The van der Waals surface area contributed by atoms with Crippen LogP contribution in [-0.4, -0.2) is 42.4 Å². The van der Waals surface area contributed by atoms with Crippen molar-refractivity contribution in [3.63, 3.8) is 0 Å². The van der Waals surface area contributed by atoms with Gasteiger partial charge in [0.15, 0.2) is 17.2 Å². The summed E-state index contributed by atoms with van der Waals surface area (Å²) in [5, 5.41) is 0. The topological polar surface area (TPSA) is 60.8 Å². The highest BCUT2D eigenvalue weighted by molar-refractivity contribution is 6.03.